The predicted molar refractivity (Wildman–Crippen MR) is 91.5 cm³/mol. The second kappa shape index (κ2) is 7.45. The molecule has 1 aliphatic heterocycles. The first-order chi connectivity index (χ1) is 12.1. The van der Waals surface area contributed by atoms with Crippen molar-refractivity contribution in [1.82, 2.24) is 15.4 Å². The van der Waals surface area contributed by atoms with Crippen molar-refractivity contribution in [3.05, 3.63) is 48.0 Å². The normalized spacial score (nSPS) is 23.9. The van der Waals surface area contributed by atoms with Crippen LogP contribution in [-0.2, 0) is 9.47 Å². The summed E-state index contributed by atoms with van der Waals surface area (Å²) in [6, 6.07) is 1.45. The van der Waals surface area contributed by atoms with Crippen molar-refractivity contribution in [1.29, 1.82) is 0 Å². The van der Waals surface area contributed by atoms with Crippen molar-refractivity contribution in [3.8, 4) is 0 Å². The number of hydrazine groups is 1. The summed E-state index contributed by atoms with van der Waals surface area (Å²) < 4.78 is 10.5. The monoisotopic (exact) mass is 344 g/mol. The van der Waals surface area contributed by atoms with Gasteiger partial charge in [-0.1, -0.05) is 6.08 Å². The van der Waals surface area contributed by atoms with E-state index in [-0.39, 0.29) is 17.5 Å². The van der Waals surface area contributed by atoms with Gasteiger partial charge in [-0.25, -0.2) is 14.8 Å². The third kappa shape index (κ3) is 3.54. The molecule has 1 saturated heterocycles. The lowest BCUT2D eigenvalue weighted by Gasteiger charge is -2.24. The Hall–Kier alpha value is -2.71. The number of nitrogens with zero attached hydrogens (tertiary/aromatic N) is 3. The number of allylic oxidation sites excluding steroid dienone is 1. The zero-order valence-electron chi connectivity index (χ0n) is 14.0. The lowest BCUT2D eigenvalue weighted by molar-refractivity contribution is 0.0697. The number of nitrogens with one attached hydrogen (secondary N) is 1. The molecule has 2 aliphatic rings. The number of methoxy groups -OCH3 is 2. The minimum atomic E-state index is -1.03. The van der Waals surface area contributed by atoms with E-state index in [4.69, 9.17) is 9.47 Å². The maximum atomic E-state index is 11.4. The minimum Gasteiger partial charge on any atom is -0.497 e. The fraction of sp³-hybridized carbons (Fsp3) is 0.353. The molecule has 2 heterocycles. The molecule has 0 spiro atoms. The van der Waals surface area contributed by atoms with Crippen LogP contribution >= 0.6 is 0 Å². The Labute approximate surface area is 145 Å². The number of hydrogen-bond donors (Lipinski definition) is 2. The number of carbonyl (C=O) groups is 1. The number of ether oxygens (including phenoxy) is 2. The number of pyridine rings is 1. The number of carboxylic acid groups (broad SMARTS) is 1. The second-order valence-electron chi connectivity index (χ2n) is 5.64. The van der Waals surface area contributed by atoms with E-state index in [1.807, 2.05) is 23.2 Å². The summed E-state index contributed by atoms with van der Waals surface area (Å²) in [7, 11) is 3.27. The van der Waals surface area contributed by atoms with E-state index in [2.05, 4.69) is 15.4 Å². The number of aromatic carboxylic acids is 1. The summed E-state index contributed by atoms with van der Waals surface area (Å²) in [6.45, 7) is 1.20. The van der Waals surface area contributed by atoms with Crippen molar-refractivity contribution in [2.24, 2.45) is 10.9 Å². The van der Waals surface area contributed by atoms with Gasteiger partial charge in [-0.05, 0) is 18.2 Å². The Morgan fingerprint density at radius 3 is 3.04 bits per heavy atom. The number of amidine groups is 1. The summed E-state index contributed by atoms with van der Waals surface area (Å²) in [5, 5.41) is 11.3. The SMILES string of the molecule is COCCN1NC(=Nc2cnccc2C(=O)O)C2C=CC(OC)=CC21. The lowest BCUT2D eigenvalue weighted by atomic mass is 9.94. The Balaban J connectivity index is 1.94. The molecule has 8 nitrogen and oxygen atoms in total. The molecule has 3 rings (SSSR count). The molecule has 132 valence electrons. The van der Waals surface area contributed by atoms with E-state index in [1.165, 1.54) is 18.5 Å². The van der Waals surface area contributed by atoms with Crippen LogP contribution in [0.25, 0.3) is 0 Å². The van der Waals surface area contributed by atoms with E-state index in [9.17, 15) is 9.90 Å². The fourth-order valence-electron chi connectivity index (χ4n) is 2.89. The highest BCUT2D eigenvalue weighted by molar-refractivity contribution is 5.97. The highest BCUT2D eigenvalue weighted by Gasteiger charge is 2.38. The largest absolute Gasteiger partial charge is 0.497 e. The molecule has 1 aliphatic carbocycles. The molecule has 1 aromatic rings. The van der Waals surface area contributed by atoms with E-state index in [0.717, 1.165) is 5.76 Å². The molecule has 1 fully saturated rings. The average molecular weight is 344 g/mol. The van der Waals surface area contributed by atoms with Crippen molar-refractivity contribution in [2.45, 2.75) is 6.04 Å². The van der Waals surface area contributed by atoms with Gasteiger partial charge in [0.25, 0.3) is 0 Å². The maximum absolute atomic E-state index is 11.4. The average Bonchev–Trinajstić information content (AvgIpc) is 2.97. The molecule has 2 unspecified atom stereocenters. The van der Waals surface area contributed by atoms with E-state index < -0.39 is 5.97 Å². The second-order valence-corrected chi connectivity index (χ2v) is 5.64. The Morgan fingerprint density at radius 2 is 2.32 bits per heavy atom. The number of carboxylic acids is 1. The molecule has 2 N–H and O–H groups in total. The Bertz CT molecular complexity index is 744. The summed E-state index contributed by atoms with van der Waals surface area (Å²) >= 11 is 0. The van der Waals surface area contributed by atoms with Gasteiger partial charge in [0, 0.05) is 19.9 Å². The summed E-state index contributed by atoms with van der Waals surface area (Å²) in [6.07, 6.45) is 8.79. The van der Waals surface area contributed by atoms with Gasteiger partial charge < -0.3 is 20.0 Å². The summed E-state index contributed by atoms with van der Waals surface area (Å²) in [4.78, 5) is 19.9. The highest BCUT2D eigenvalue weighted by Crippen LogP contribution is 2.29. The topological polar surface area (TPSA) is 96.3 Å². The molecule has 0 bridgehead atoms. The van der Waals surface area contributed by atoms with Crippen LogP contribution in [0.2, 0.25) is 0 Å². The first kappa shape index (κ1) is 17.1. The molecular weight excluding hydrogens is 324 g/mol. The van der Waals surface area contributed by atoms with Crippen LogP contribution in [0.15, 0.2) is 47.4 Å². The van der Waals surface area contributed by atoms with Gasteiger partial charge in [-0.3, -0.25) is 4.98 Å². The number of rotatable bonds is 6. The van der Waals surface area contributed by atoms with E-state index >= 15 is 0 Å². The van der Waals surface area contributed by atoms with E-state index in [1.54, 1.807) is 14.2 Å². The standard InChI is InChI=1S/C17H20N4O4/c1-24-8-7-21-15-9-11(25-2)3-4-13(15)16(20-21)19-14-10-18-6-5-12(14)17(22)23/h3-6,9-10,13,15H,7-8H2,1-2H3,(H,19,20)(H,22,23). The van der Waals surface area contributed by atoms with Gasteiger partial charge in [0.05, 0.1) is 43.1 Å². The number of aliphatic imine (C=N–C) groups is 1. The number of hydrogen-bond acceptors (Lipinski definition) is 6. The summed E-state index contributed by atoms with van der Waals surface area (Å²) in [5.74, 6) is 0.379. The molecule has 0 amide bonds. The van der Waals surface area contributed by atoms with Crippen molar-refractivity contribution < 1.29 is 19.4 Å². The molecule has 25 heavy (non-hydrogen) atoms. The Kier molecular flexibility index (Phi) is 5.11. The third-order valence-corrected chi connectivity index (χ3v) is 4.15. The van der Waals surface area contributed by atoms with Crippen molar-refractivity contribution in [2.75, 3.05) is 27.4 Å². The molecule has 1 aromatic heterocycles. The quantitative estimate of drug-likeness (QED) is 0.804. The first-order valence-electron chi connectivity index (χ1n) is 7.86. The zero-order chi connectivity index (χ0) is 17.8. The van der Waals surface area contributed by atoms with Crippen LogP contribution < -0.4 is 5.43 Å². The Morgan fingerprint density at radius 1 is 1.48 bits per heavy atom. The van der Waals surface area contributed by atoms with Gasteiger partial charge in [-0.2, -0.15) is 0 Å². The molecule has 0 aromatic carbocycles. The molecule has 2 atom stereocenters. The van der Waals surface area contributed by atoms with Gasteiger partial charge in [0.1, 0.15) is 11.6 Å². The third-order valence-electron chi connectivity index (χ3n) is 4.15. The molecule has 8 heteroatoms. The van der Waals surface area contributed by atoms with Crippen LogP contribution in [0.5, 0.6) is 0 Å². The minimum absolute atomic E-state index is 0.0128. The first-order valence-corrected chi connectivity index (χ1v) is 7.86. The van der Waals surface area contributed by atoms with Gasteiger partial charge in [0.15, 0.2) is 0 Å². The van der Waals surface area contributed by atoms with Gasteiger partial charge >= 0.3 is 5.97 Å². The smallest absolute Gasteiger partial charge is 0.338 e. The molecular formula is C17H20N4O4. The molecule has 0 saturated carbocycles. The predicted octanol–water partition coefficient (Wildman–Crippen LogP) is 1.36. The van der Waals surface area contributed by atoms with Crippen molar-refractivity contribution in [3.63, 3.8) is 0 Å². The number of fused-ring (bicyclic) bond motifs is 1. The van der Waals surface area contributed by atoms with E-state index in [0.29, 0.717) is 24.7 Å². The van der Waals surface area contributed by atoms with Crippen LogP contribution in [0.4, 0.5) is 5.69 Å². The van der Waals surface area contributed by atoms with Crippen LogP contribution in [0.1, 0.15) is 10.4 Å². The van der Waals surface area contributed by atoms with Crippen molar-refractivity contribution >= 4 is 17.5 Å². The molecule has 0 radical (unpaired) electrons. The van der Waals surface area contributed by atoms with Gasteiger partial charge in [0.2, 0.25) is 0 Å². The van der Waals surface area contributed by atoms with Gasteiger partial charge in [-0.15, -0.1) is 0 Å². The lowest BCUT2D eigenvalue weighted by Crippen LogP contribution is -2.40. The summed E-state index contributed by atoms with van der Waals surface area (Å²) in [5.41, 5.74) is 3.69. The number of aromatic nitrogens is 1. The van der Waals surface area contributed by atoms with Crippen LogP contribution in [0, 0.1) is 5.92 Å². The zero-order valence-corrected chi connectivity index (χ0v) is 14.0. The van der Waals surface area contributed by atoms with Crippen LogP contribution in [0.3, 0.4) is 0 Å². The fourth-order valence-corrected chi connectivity index (χ4v) is 2.89. The highest BCUT2D eigenvalue weighted by atomic mass is 16.5. The van der Waals surface area contributed by atoms with Crippen LogP contribution in [-0.4, -0.2) is 60.3 Å². The maximum Gasteiger partial charge on any atom is 0.338 e.